The van der Waals surface area contributed by atoms with Crippen molar-refractivity contribution in [2.24, 2.45) is 7.05 Å². The summed E-state index contributed by atoms with van der Waals surface area (Å²) in [5.41, 5.74) is 0. The number of ether oxygens (including phenoxy) is 1. The average molecular weight is 286 g/mol. The first-order chi connectivity index (χ1) is 9.13. The maximum atomic E-state index is 12.0. The van der Waals surface area contributed by atoms with Crippen LogP contribution in [-0.4, -0.2) is 39.6 Å². The molecule has 0 amide bonds. The summed E-state index contributed by atoms with van der Waals surface area (Å²) >= 11 is 5.99. The van der Waals surface area contributed by atoms with Gasteiger partial charge in [-0.15, -0.1) is 0 Å². The van der Waals surface area contributed by atoms with Gasteiger partial charge in [0, 0.05) is 7.05 Å². The van der Waals surface area contributed by atoms with Gasteiger partial charge in [0.15, 0.2) is 0 Å². The first-order valence-electron chi connectivity index (χ1n) is 6.70. The summed E-state index contributed by atoms with van der Waals surface area (Å²) in [7, 11) is 1.88. The maximum absolute atomic E-state index is 12.0. The molecule has 6 heteroatoms. The molecule has 106 valence electrons. The summed E-state index contributed by atoms with van der Waals surface area (Å²) in [6.07, 6.45) is 4.67. The molecule has 0 bridgehead atoms. The fourth-order valence-electron chi connectivity index (χ4n) is 2.44. The topological polar surface area (TPSA) is 47.4 Å². The van der Waals surface area contributed by atoms with E-state index in [2.05, 4.69) is 9.88 Å². The molecular formula is C13H20ClN3O2. The van der Waals surface area contributed by atoms with E-state index in [9.17, 15) is 4.79 Å². The molecular weight excluding hydrogens is 266 g/mol. The molecule has 0 spiro atoms. The first kappa shape index (κ1) is 14.3. The Balaban J connectivity index is 2.07. The van der Waals surface area contributed by atoms with E-state index in [1.807, 2.05) is 18.5 Å². The van der Waals surface area contributed by atoms with Crippen molar-refractivity contribution < 1.29 is 9.53 Å². The van der Waals surface area contributed by atoms with Crippen LogP contribution in [-0.2, 0) is 23.1 Å². The number of carbonyl (C=O) groups is 1. The second-order valence-corrected chi connectivity index (χ2v) is 5.18. The molecule has 2 heterocycles. The number of halogens is 1. The summed E-state index contributed by atoms with van der Waals surface area (Å²) in [5.74, 6) is 0.753. The predicted molar refractivity (Wildman–Crippen MR) is 72.9 cm³/mol. The van der Waals surface area contributed by atoms with Gasteiger partial charge in [0.05, 0.1) is 19.3 Å². The number of nitrogens with zero attached hydrogens (tertiary/aromatic N) is 3. The van der Waals surface area contributed by atoms with Crippen LogP contribution in [0.5, 0.6) is 0 Å². The van der Waals surface area contributed by atoms with E-state index in [0.29, 0.717) is 18.3 Å². The highest BCUT2D eigenvalue weighted by atomic mass is 35.5. The van der Waals surface area contributed by atoms with Crippen molar-refractivity contribution in [2.45, 2.75) is 38.8 Å². The maximum Gasteiger partial charge on any atom is 0.323 e. The van der Waals surface area contributed by atoms with Crippen LogP contribution in [0.2, 0.25) is 5.15 Å². The van der Waals surface area contributed by atoms with Gasteiger partial charge in [-0.1, -0.05) is 18.0 Å². The van der Waals surface area contributed by atoms with Gasteiger partial charge in [0.1, 0.15) is 17.0 Å². The van der Waals surface area contributed by atoms with Gasteiger partial charge >= 0.3 is 5.97 Å². The second-order valence-electron chi connectivity index (χ2n) is 4.79. The molecule has 0 aromatic carbocycles. The SMILES string of the molecule is CCOC(=O)C1CCCCN1Cc1ncc(Cl)n1C. The van der Waals surface area contributed by atoms with Gasteiger partial charge in [-0.05, 0) is 26.3 Å². The van der Waals surface area contributed by atoms with E-state index in [4.69, 9.17) is 16.3 Å². The molecule has 1 aromatic heterocycles. The molecule has 0 saturated carbocycles. The van der Waals surface area contributed by atoms with Crippen LogP contribution in [0.3, 0.4) is 0 Å². The van der Waals surface area contributed by atoms with Crippen LogP contribution in [0.15, 0.2) is 6.20 Å². The Labute approximate surface area is 118 Å². The van der Waals surface area contributed by atoms with E-state index in [-0.39, 0.29) is 12.0 Å². The molecule has 0 N–H and O–H groups in total. The molecule has 19 heavy (non-hydrogen) atoms. The molecule has 1 unspecified atom stereocenters. The van der Waals surface area contributed by atoms with E-state index in [1.165, 1.54) is 0 Å². The monoisotopic (exact) mass is 285 g/mol. The number of esters is 1. The lowest BCUT2D eigenvalue weighted by atomic mass is 10.0. The highest BCUT2D eigenvalue weighted by molar-refractivity contribution is 6.29. The Hall–Kier alpha value is -1.07. The van der Waals surface area contributed by atoms with Crippen molar-refractivity contribution in [1.29, 1.82) is 0 Å². The van der Waals surface area contributed by atoms with Crippen molar-refractivity contribution in [3.8, 4) is 0 Å². The number of hydrogen-bond donors (Lipinski definition) is 0. The molecule has 1 aliphatic rings. The fraction of sp³-hybridized carbons (Fsp3) is 0.692. The number of rotatable bonds is 4. The lowest BCUT2D eigenvalue weighted by Crippen LogP contribution is -2.45. The fourth-order valence-corrected chi connectivity index (χ4v) is 2.58. The number of piperidine rings is 1. The minimum Gasteiger partial charge on any atom is -0.465 e. The normalized spacial score (nSPS) is 20.5. The van der Waals surface area contributed by atoms with Gasteiger partial charge in [0.2, 0.25) is 0 Å². The Kier molecular flexibility index (Phi) is 4.82. The summed E-state index contributed by atoms with van der Waals surface area (Å²) in [5, 5.41) is 0.611. The van der Waals surface area contributed by atoms with Crippen LogP contribution in [0.1, 0.15) is 32.0 Å². The summed E-state index contributed by atoms with van der Waals surface area (Å²) in [4.78, 5) is 18.4. The number of hydrogen-bond acceptors (Lipinski definition) is 4. The molecule has 1 saturated heterocycles. The summed E-state index contributed by atoms with van der Waals surface area (Å²) in [6, 6.07) is -0.149. The average Bonchev–Trinajstić information content (AvgIpc) is 2.72. The zero-order valence-electron chi connectivity index (χ0n) is 11.4. The highest BCUT2D eigenvalue weighted by Crippen LogP contribution is 2.21. The lowest BCUT2D eigenvalue weighted by molar-refractivity contribution is -0.151. The van der Waals surface area contributed by atoms with Gasteiger partial charge < -0.3 is 9.30 Å². The van der Waals surface area contributed by atoms with E-state index in [0.717, 1.165) is 31.6 Å². The van der Waals surface area contributed by atoms with Crippen LogP contribution >= 0.6 is 11.6 Å². The summed E-state index contributed by atoms with van der Waals surface area (Å²) < 4.78 is 7.00. The number of carbonyl (C=O) groups excluding carboxylic acids is 1. The zero-order valence-corrected chi connectivity index (χ0v) is 12.2. The van der Waals surface area contributed by atoms with Crippen molar-refractivity contribution >= 4 is 17.6 Å². The molecule has 1 fully saturated rings. The van der Waals surface area contributed by atoms with Crippen molar-refractivity contribution in [2.75, 3.05) is 13.2 Å². The van der Waals surface area contributed by atoms with Crippen molar-refractivity contribution in [3.05, 3.63) is 17.2 Å². The zero-order chi connectivity index (χ0) is 13.8. The minimum atomic E-state index is -0.149. The van der Waals surface area contributed by atoms with Crippen LogP contribution in [0.25, 0.3) is 0 Å². The molecule has 5 nitrogen and oxygen atoms in total. The number of aromatic nitrogens is 2. The molecule has 1 aromatic rings. The molecule has 0 aliphatic carbocycles. The third-order valence-corrected chi connectivity index (χ3v) is 3.90. The van der Waals surface area contributed by atoms with Gasteiger partial charge in [-0.25, -0.2) is 4.98 Å². The Bertz CT molecular complexity index is 447. The van der Waals surface area contributed by atoms with Gasteiger partial charge in [-0.2, -0.15) is 0 Å². The second kappa shape index (κ2) is 6.39. The number of imidazole rings is 1. The van der Waals surface area contributed by atoms with Crippen LogP contribution in [0, 0.1) is 0 Å². The highest BCUT2D eigenvalue weighted by Gasteiger charge is 2.30. The van der Waals surface area contributed by atoms with Crippen LogP contribution in [0.4, 0.5) is 0 Å². The van der Waals surface area contributed by atoms with E-state index in [1.54, 1.807) is 6.20 Å². The first-order valence-corrected chi connectivity index (χ1v) is 7.08. The Morgan fingerprint density at radius 2 is 2.37 bits per heavy atom. The van der Waals surface area contributed by atoms with Crippen LogP contribution < -0.4 is 0 Å². The largest absolute Gasteiger partial charge is 0.465 e. The van der Waals surface area contributed by atoms with Gasteiger partial charge in [0.25, 0.3) is 0 Å². The Morgan fingerprint density at radius 1 is 1.58 bits per heavy atom. The standard InChI is InChI=1S/C13H20ClN3O2/c1-3-19-13(18)10-6-4-5-7-17(10)9-12-15-8-11(14)16(12)2/h8,10H,3-7,9H2,1-2H3. The number of likely N-dealkylation sites (tertiary alicyclic amines) is 1. The lowest BCUT2D eigenvalue weighted by Gasteiger charge is -2.33. The van der Waals surface area contributed by atoms with Crippen molar-refractivity contribution in [1.82, 2.24) is 14.5 Å². The predicted octanol–water partition coefficient (Wildman–Crippen LogP) is 1.99. The molecule has 2 rings (SSSR count). The minimum absolute atomic E-state index is 0.123. The smallest absolute Gasteiger partial charge is 0.323 e. The molecule has 1 aliphatic heterocycles. The Morgan fingerprint density at radius 3 is 3.00 bits per heavy atom. The third kappa shape index (κ3) is 3.28. The van der Waals surface area contributed by atoms with Crippen molar-refractivity contribution in [3.63, 3.8) is 0 Å². The van der Waals surface area contributed by atoms with E-state index < -0.39 is 0 Å². The summed E-state index contributed by atoms with van der Waals surface area (Å²) in [6.45, 7) is 3.79. The third-order valence-electron chi connectivity index (χ3n) is 3.54. The van der Waals surface area contributed by atoms with Gasteiger partial charge in [-0.3, -0.25) is 9.69 Å². The molecule has 1 atom stereocenters. The molecule has 0 radical (unpaired) electrons. The van der Waals surface area contributed by atoms with E-state index >= 15 is 0 Å². The quantitative estimate of drug-likeness (QED) is 0.794.